The Bertz CT molecular complexity index is 821. The molecule has 0 amide bonds. The number of carbonyl (C=O) groups excluding carboxylic acids is 1. The molecule has 0 atom stereocenters. The fourth-order valence-electron chi connectivity index (χ4n) is 2.01. The van der Waals surface area contributed by atoms with Crippen molar-refractivity contribution in [3.63, 3.8) is 0 Å². The number of nitrogens with zero attached hydrogens (tertiary/aromatic N) is 1. The average Bonchev–Trinajstić information content (AvgIpc) is 2.53. The van der Waals surface area contributed by atoms with E-state index in [1.54, 1.807) is 12.3 Å². The lowest BCUT2D eigenvalue weighted by Gasteiger charge is -2.00. The number of Topliss-reactive ketones (excluding diaryl/α,β-unsaturated/α-hetero) is 1. The van der Waals surface area contributed by atoms with Crippen molar-refractivity contribution in [1.82, 2.24) is 4.98 Å². The highest BCUT2D eigenvalue weighted by atomic mass is 16.1. The van der Waals surface area contributed by atoms with Crippen molar-refractivity contribution in [3.8, 4) is 11.8 Å². The highest BCUT2D eigenvalue weighted by Gasteiger charge is 2.07. The van der Waals surface area contributed by atoms with E-state index in [2.05, 4.69) is 16.8 Å². The lowest BCUT2D eigenvalue weighted by Crippen LogP contribution is -1.97. The van der Waals surface area contributed by atoms with Crippen LogP contribution in [0.3, 0.4) is 0 Å². The number of para-hydroxylation sites is 1. The van der Waals surface area contributed by atoms with E-state index in [4.69, 9.17) is 0 Å². The number of rotatable bonds is 1. The first-order valence-electron chi connectivity index (χ1n) is 6.30. The van der Waals surface area contributed by atoms with Gasteiger partial charge in [-0.15, -0.1) is 0 Å². The van der Waals surface area contributed by atoms with Gasteiger partial charge in [-0.05, 0) is 30.2 Å². The fraction of sp³-hybridized carbons (Fsp3) is 0. The molecule has 0 N–H and O–H groups in total. The zero-order chi connectivity index (χ0) is 13.8. The summed E-state index contributed by atoms with van der Waals surface area (Å²) in [5, 5.41) is 0.944. The van der Waals surface area contributed by atoms with Gasteiger partial charge in [0.2, 0.25) is 5.78 Å². The van der Waals surface area contributed by atoms with Crippen LogP contribution in [-0.4, -0.2) is 10.8 Å². The Morgan fingerprint density at radius 2 is 1.70 bits per heavy atom. The summed E-state index contributed by atoms with van der Waals surface area (Å²) in [4.78, 5) is 16.5. The third-order valence-corrected chi connectivity index (χ3v) is 2.97. The number of ketones is 1. The summed E-state index contributed by atoms with van der Waals surface area (Å²) in [6, 6.07) is 18.8. The Kier molecular flexibility index (Phi) is 3.26. The Balaban J connectivity index is 2.00. The molecule has 0 radical (unpaired) electrons. The average molecular weight is 257 g/mol. The van der Waals surface area contributed by atoms with E-state index in [1.807, 2.05) is 54.6 Å². The summed E-state index contributed by atoms with van der Waals surface area (Å²) in [5.74, 6) is 5.35. The predicted octanol–water partition coefficient (Wildman–Crippen LogP) is 3.47. The molecule has 0 spiro atoms. The number of hydrogen-bond acceptors (Lipinski definition) is 2. The number of fused-ring (bicyclic) bond motifs is 1. The van der Waals surface area contributed by atoms with Gasteiger partial charge in [0, 0.05) is 17.1 Å². The minimum absolute atomic E-state index is 0.210. The second kappa shape index (κ2) is 5.38. The molecule has 0 saturated heterocycles. The Morgan fingerprint density at radius 3 is 2.55 bits per heavy atom. The van der Waals surface area contributed by atoms with Gasteiger partial charge in [-0.25, -0.2) is 0 Å². The van der Waals surface area contributed by atoms with Crippen molar-refractivity contribution in [1.29, 1.82) is 0 Å². The van der Waals surface area contributed by atoms with Crippen molar-refractivity contribution in [3.05, 3.63) is 78.0 Å². The molecule has 3 rings (SSSR count). The summed E-state index contributed by atoms with van der Waals surface area (Å²) in [5.41, 5.74) is 2.07. The Labute approximate surface area is 117 Å². The SMILES string of the molecule is O=C(C#Cc1ccccc1)c1cccc2cccnc12. The van der Waals surface area contributed by atoms with Gasteiger partial charge in [0.05, 0.1) is 11.1 Å². The van der Waals surface area contributed by atoms with Gasteiger partial charge in [-0.3, -0.25) is 9.78 Å². The molecule has 0 aliphatic heterocycles. The lowest BCUT2D eigenvalue weighted by atomic mass is 10.1. The molecule has 2 aromatic carbocycles. The summed E-state index contributed by atoms with van der Waals surface area (Å²) in [6.45, 7) is 0. The molecule has 0 bridgehead atoms. The highest BCUT2D eigenvalue weighted by molar-refractivity contribution is 6.15. The Morgan fingerprint density at radius 1 is 0.900 bits per heavy atom. The fourth-order valence-corrected chi connectivity index (χ4v) is 2.01. The van der Waals surface area contributed by atoms with Crippen LogP contribution in [0.4, 0.5) is 0 Å². The van der Waals surface area contributed by atoms with Crippen LogP contribution in [0.15, 0.2) is 66.9 Å². The first-order valence-corrected chi connectivity index (χ1v) is 6.30. The molecule has 0 fully saturated rings. The van der Waals surface area contributed by atoms with E-state index in [0.717, 1.165) is 10.9 Å². The molecule has 0 aliphatic rings. The molecular weight excluding hydrogens is 246 g/mol. The monoisotopic (exact) mass is 257 g/mol. The topological polar surface area (TPSA) is 30.0 Å². The van der Waals surface area contributed by atoms with Gasteiger partial charge in [0.15, 0.2) is 0 Å². The van der Waals surface area contributed by atoms with Crippen LogP contribution in [0.5, 0.6) is 0 Å². The largest absolute Gasteiger partial charge is 0.279 e. The van der Waals surface area contributed by atoms with Crippen molar-refractivity contribution < 1.29 is 4.79 Å². The van der Waals surface area contributed by atoms with Crippen LogP contribution in [0.1, 0.15) is 15.9 Å². The summed E-state index contributed by atoms with van der Waals surface area (Å²) < 4.78 is 0. The number of pyridine rings is 1. The maximum atomic E-state index is 12.2. The normalized spacial score (nSPS) is 9.80. The van der Waals surface area contributed by atoms with Gasteiger partial charge < -0.3 is 0 Å². The number of carbonyl (C=O) groups is 1. The van der Waals surface area contributed by atoms with Crippen molar-refractivity contribution >= 4 is 16.7 Å². The van der Waals surface area contributed by atoms with Gasteiger partial charge in [0.1, 0.15) is 0 Å². The first-order chi connectivity index (χ1) is 9.84. The predicted molar refractivity (Wildman–Crippen MR) is 79.4 cm³/mol. The van der Waals surface area contributed by atoms with Crippen molar-refractivity contribution in [2.24, 2.45) is 0 Å². The first kappa shape index (κ1) is 12.1. The minimum Gasteiger partial charge on any atom is -0.279 e. The van der Waals surface area contributed by atoms with E-state index in [9.17, 15) is 4.79 Å². The standard InChI is InChI=1S/C18H11NO/c20-17(12-11-14-6-2-1-3-7-14)16-10-4-8-15-9-5-13-19-18(15)16/h1-10,13H. The zero-order valence-electron chi connectivity index (χ0n) is 10.7. The van der Waals surface area contributed by atoms with Crippen molar-refractivity contribution in [2.45, 2.75) is 0 Å². The summed E-state index contributed by atoms with van der Waals surface area (Å²) in [6.07, 6.45) is 1.68. The van der Waals surface area contributed by atoms with Crippen LogP contribution in [0.25, 0.3) is 10.9 Å². The second-order valence-electron chi connectivity index (χ2n) is 4.33. The maximum absolute atomic E-state index is 12.2. The van der Waals surface area contributed by atoms with Gasteiger partial charge in [0.25, 0.3) is 0 Å². The zero-order valence-corrected chi connectivity index (χ0v) is 10.7. The highest BCUT2D eigenvalue weighted by Crippen LogP contribution is 2.16. The quantitative estimate of drug-likeness (QED) is 0.493. The van der Waals surface area contributed by atoms with Crippen LogP contribution in [-0.2, 0) is 0 Å². The molecule has 0 unspecified atom stereocenters. The van der Waals surface area contributed by atoms with Gasteiger partial charge >= 0.3 is 0 Å². The van der Waals surface area contributed by atoms with Gasteiger partial charge in [-0.2, -0.15) is 0 Å². The van der Waals surface area contributed by atoms with Crippen LogP contribution in [0, 0.1) is 11.8 Å². The molecule has 2 heteroatoms. The molecule has 2 nitrogen and oxygen atoms in total. The van der Waals surface area contributed by atoms with Crippen molar-refractivity contribution in [2.75, 3.05) is 0 Å². The van der Waals surface area contributed by atoms with Crippen LogP contribution >= 0.6 is 0 Å². The molecule has 3 aromatic rings. The molecule has 1 aromatic heterocycles. The summed E-state index contributed by atoms with van der Waals surface area (Å²) >= 11 is 0. The molecular formula is C18H11NO. The maximum Gasteiger partial charge on any atom is 0.238 e. The van der Waals surface area contributed by atoms with E-state index in [1.165, 1.54) is 0 Å². The second-order valence-corrected chi connectivity index (χ2v) is 4.33. The molecule has 0 saturated carbocycles. The minimum atomic E-state index is -0.210. The summed E-state index contributed by atoms with van der Waals surface area (Å²) in [7, 11) is 0. The van der Waals surface area contributed by atoms with E-state index < -0.39 is 0 Å². The third-order valence-electron chi connectivity index (χ3n) is 2.97. The third kappa shape index (κ3) is 2.43. The number of hydrogen-bond donors (Lipinski definition) is 0. The Hall–Kier alpha value is -2.92. The number of benzene rings is 2. The van der Waals surface area contributed by atoms with E-state index in [-0.39, 0.29) is 5.78 Å². The molecule has 1 heterocycles. The van der Waals surface area contributed by atoms with Crippen LogP contribution < -0.4 is 0 Å². The van der Waals surface area contributed by atoms with Gasteiger partial charge in [-0.1, -0.05) is 42.3 Å². The van der Waals surface area contributed by atoms with E-state index >= 15 is 0 Å². The smallest absolute Gasteiger partial charge is 0.238 e. The molecule has 94 valence electrons. The molecule has 0 aliphatic carbocycles. The lowest BCUT2D eigenvalue weighted by molar-refractivity contribution is 0.105. The molecule has 20 heavy (non-hydrogen) atoms. The number of aromatic nitrogens is 1. The van der Waals surface area contributed by atoms with Crippen LogP contribution in [0.2, 0.25) is 0 Å². The van der Waals surface area contributed by atoms with E-state index in [0.29, 0.717) is 11.1 Å².